The van der Waals surface area contributed by atoms with Crippen LogP contribution >= 0.6 is 0 Å². The Morgan fingerprint density at radius 1 is 1.11 bits per heavy atom. The highest BCUT2D eigenvalue weighted by molar-refractivity contribution is 5.28. The fourth-order valence-electron chi connectivity index (χ4n) is 4.14. The molecule has 1 heterocycles. The molecular weight excluding hydrogens is 348 g/mol. The van der Waals surface area contributed by atoms with Crippen molar-refractivity contribution in [1.29, 1.82) is 0 Å². The average Bonchev–Trinajstić information content (AvgIpc) is 3.56. The number of ether oxygens (including phenoxy) is 3. The van der Waals surface area contributed by atoms with Gasteiger partial charge in [0, 0.05) is 13.7 Å². The lowest BCUT2D eigenvalue weighted by molar-refractivity contribution is -0.0326. The number of hydrogen-bond acceptors (Lipinski definition) is 3. The minimum atomic E-state index is -0.426. The number of unbranched alkanes of at least 4 members (excludes halogenated alkanes) is 5. The molecule has 1 fully saturated rings. The van der Waals surface area contributed by atoms with Crippen LogP contribution in [0.25, 0.3) is 0 Å². The molecule has 3 heteroatoms. The largest absolute Gasteiger partial charge is 0.379 e. The monoisotopic (exact) mass is 388 g/mol. The molecule has 1 aromatic rings. The molecule has 0 radical (unpaired) electrons. The fraction of sp³-hybridized carbons (Fsp3) is 0.680. The van der Waals surface area contributed by atoms with Crippen LogP contribution in [0.5, 0.6) is 0 Å². The van der Waals surface area contributed by atoms with Crippen LogP contribution in [0.4, 0.5) is 0 Å². The molecule has 0 spiro atoms. The van der Waals surface area contributed by atoms with Crippen LogP contribution in [0, 0.1) is 5.92 Å². The first kappa shape index (κ1) is 23.1. The highest BCUT2D eigenvalue weighted by Gasteiger charge is 2.37. The Labute approximate surface area is 172 Å². The van der Waals surface area contributed by atoms with E-state index in [9.17, 15) is 0 Å². The number of rotatable bonds is 17. The first-order valence-corrected chi connectivity index (χ1v) is 11.2. The van der Waals surface area contributed by atoms with Gasteiger partial charge in [-0.2, -0.15) is 0 Å². The van der Waals surface area contributed by atoms with Gasteiger partial charge in [0.15, 0.2) is 0 Å². The summed E-state index contributed by atoms with van der Waals surface area (Å²) in [5, 5.41) is 0. The van der Waals surface area contributed by atoms with Crippen LogP contribution in [0.2, 0.25) is 0 Å². The molecule has 0 aliphatic carbocycles. The minimum absolute atomic E-state index is 0.342. The molecule has 0 amide bonds. The fourth-order valence-corrected chi connectivity index (χ4v) is 4.14. The summed E-state index contributed by atoms with van der Waals surface area (Å²) < 4.78 is 17.1. The van der Waals surface area contributed by atoms with Crippen molar-refractivity contribution in [3.05, 3.63) is 48.6 Å². The van der Waals surface area contributed by atoms with Gasteiger partial charge in [-0.3, -0.25) is 0 Å². The quantitative estimate of drug-likeness (QED) is 0.179. The van der Waals surface area contributed by atoms with E-state index in [4.69, 9.17) is 14.2 Å². The van der Waals surface area contributed by atoms with Crippen LogP contribution in [-0.2, 0) is 19.8 Å². The Hall–Kier alpha value is -1.16. The van der Waals surface area contributed by atoms with Gasteiger partial charge in [-0.1, -0.05) is 88.4 Å². The summed E-state index contributed by atoms with van der Waals surface area (Å²) in [6, 6.07) is 10.6. The predicted octanol–water partition coefficient (Wildman–Crippen LogP) is 6.28. The molecule has 0 saturated carbocycles. The second-order valence-corrected chi connectivity index (χ2v) is 7.99. The molecule has 0 bridgehead atoms. The second-order valence-electron chi connectivity index (χ2n) is 7.99. The summed E-state index contributed by atoms with van der Waals surface area (Å²) in [4.78, 5) is 0. The first-order valence-electron chi connectivity index (χ1n) is 11.2. The number of methoxy groups -OCH3 is 1. The summed E-state index contributed by atoms with van der Waals surface area (Å²) in [6.45, 7) is 8.82. The topological polar surface area (TPSA) is 31.0 Å². The van der Waals surface area contributed by atoms with Gasteiger partial charge >= 0.3 is 0 Å². The zero-order valence-corrected chi connectivity index (χ0v) is 18.0. The zero-order valence-electron chi connectivity index (χ0n) is 18.0. The summed E-state index contributed by atoms with van der Waals surface area (Å²) in [7, 11) is 1.82. The van der Waals surface area contributed by atoms with E-state index in [0.29, 0.717) is 12.0 Å². The molecule has 28 heavy (non-hydrogen) atoms. The molecule has 158 valence electrons. The highest BCUT2D eigenvalue weighted by atomic mass is 16.6. The third kappa shape index (κ3) is 7.35. The highest BCUT2D eigenvalue weighted by Crippen LogP contribution is 2.40. The lowest BCUT2D eigenvalue weighted by atomic mass is 9.76. The Balaban J connectivity index is 1.95. The van der Waals surface area contributed by atoms with E-state index in [1.165, 1.54) is 44.1 Å². The van der Waals surface area contributed by atoms with E-state index in [1.807, 2.05) is 13.2 Å². The Morgan fingerprint density at radius 3 is 2.43 bits per heavy atom. The number of benzene rings is 1. The van der Waals surface area contributed by atoms with Gasteiger partial charge in [0.2, 0.25) is 0 Å². The normalized spacial score (nSPS) is 19.1. The van der Waals surface area contributed by atoms with Crippen molar-refractivity contribution in [3.63, 3.8) is 0 Å². The van der Waals surface area contributed by atoms with Crippen LogP contribution in [0.15, 0.2) is 43.0 Å². The standard InChI is InChI=1S/C25H40O3/c1-4-6-7-8-9-11-15-23(18-14-19-27-20-24-21-28-24)25(5-2,26-3)22-16-12-10-13-17-22/h5,10,12-13,16-17,23-24H,2,4,6-9,11,14-15,18-21H2,1,3H3. The third-order valence-electron chi connectivity index (χ3n) is 5.93. The molecule has 0 aromatic heterocycles. The molecule has 1 aromatic carbocycles. The van der Waals surface area contributed by atoms with E-state index in [0.717, 1.165) is 39.1 Å². The van der Waals surface area contributed by atoms with Crippen LogP contribution in [0.3, 0.4) is 0 Å². The van der Waals surface area contributed by atoms with Gasteiger partial charge in [-0.25, -0.2) is 0 Å². The molecule has 2 rings (SSSR count). The maximum absolute atomic E-state index is 6.16. The number of hydrogen-bond donors (Lipinski definition) is 0. The van der Waals surface area contributed by atoms with Crippen LogP contribution in [0.1, 0.15) is 70.3 Å². The van der Waals surface area contributed by atoms with E-state index in [-0.39, 0.29) is 0 Å². The molecule has 3 atom stereocenters. The van der Waals surface area contributed by atoms with E-state index < -0.39 is 5.60 Å². The molecule has 1 aliphatic heterocycles. The van der Waals surface area contributed by atoms with Crippen molar-refractivity contribution in [1.82, 2.24) is 0 Å². The van der Waals surface area contributed by atoms with Gasteiger partial charge in [0.05, 0.1) is 13.2 Å². The van der Waals surface area contributed by atoms with Gasteiger partial charge in [-0.15, -0.1) is 0 Å². The van der Waals surface area contributed by atoms with Gasteiger partial charge in [-0.05, 0) is 30.7 Å². The maximum atomic E-state index is 6.16. The van der Waals surface area contributed by atoms with Crippen LogP contribution < -0.4 is 0 Å². The van der Waals surface area contributed by atoms with E-state index in [2.05, 4.69) is 43.8 Å². The van der Waals surface area contributed by atoms with Crippen molar-refractivity contribution in [2.24, 2.45) is 5.92 Å². The Bertz CT molecular complexity index is 526. The van der Waals surface area contributed by atoms with Crippen LogP contribution in [-0.4, -0.2) is 33.0 Å². The molecule has 3 nitrogen and oxygen atoms in total. The SMILES string of the molecule is C=CC(OC)(c1ccccc1)C(CCCCCCCC)CCCOCC1CO1. The second kappa shape index (κ2) is 13.1. The first-order chi connectivity index (χ1) is 13.8. The van der Waals surface area contributed by atoms with E-state index in [1.54, 1.807) is 0 Å². The van der Waals surface area contributed by atoms with Crippen molar-refractivity contribution in [3.8, 4) is 0 Å². The smallest absolute Gasteiger partial charge is 0.113 e. The molecular formula is C25H40O3. The minimum Gasteiger partial charge on any atom is -0.379 e. The van der Waals surface area contributed by atoms with Gasteiger partial charge < -0.3 is 14.2 Å². The predicted molar refractivity (Wildman–Crippen MR) is 117 cm³/mol. The third-order valence-corrected chi connectivity index (χ3v) is 5.93. The maximum Gasteiger partial charge on any atom is 0.113 e. The zero-order chi connectivity index (χ0) is 20.1. The van der Waals surface area contributed by atoms with Crippen molar-refractivity contribution >= 4 is 0 Å². The summed E-state index contributed by atoms with van der Waals surface area (Å²) in [5.74, 6) is 0.407. The molecule has 0 N–H and O–H groups in total. The van der Waals surface area contributed by atoms with Crippen molar-refractivity contribution in [2.45, 2.75) is 76.4 Å². The molecule has 1 saturated heterocycles. The molecule has 1 aliphatic rings. The van der Waals surface area contributed by atoms with E-state index >= 15 is 0 Å². The lowest BCUT2D eigenvalue weighted by Gasteiger charge is -2.38. The lowest BCUT2D eigenvalue weighted by Crippen LogP contribution is -2.35. The van der Waals surface area contributed by atoms with Crippen molar-refractivity contribution in [2.75, 3.05) is 26.9 Å². The average molecular weight is 389 g/mol. The summed E-state index contributed by atoms with van der Waals surface area (Å²) in [5.41, 5.74) is 0.778. The van der Waals surface area contributed by atoms with Gasteiger partial charge in [0.25, 0.3) is 0 Å². The van der Waals surface area contributed by atoms with Crippen molar-refractivity contribution < 1.29 is 14.2 Å². The Kier molecular flexibility index (Phi) is 10.8. The Morgan fingerprint density at radius 2 is 1.79 bits per heavy atom. The summed E-state index contributed by atoms with van der Waals surface area (Å²) >= 11 is 0. The van der Waals surface area contributed by atoms with Gasteiger partial charge in [0.1, 0.15) is 11.7 Å². The molecule has 3 unspecified atom stereocenters. The summed E-state index contributed by atoms with van der Waals surface area (Å²) in [6.07, 6.45) is 13.5. The number of epoxide rings is 1.